The van der Waals surface area contributed by atoms with Crippen LogP contribution in [0.1, 0.15) is 6.42 Å². The van der Waals surface area contributed by atoms with Crippen molar-refractivity contribution in [2.24, 2.45) is 0 Å². The Hall–Kier alpha value is -0.610. The van der Waals surface area contributed by atoms with E-state index in [4.69, 9.17) is 0 Å². The zero-order chi connectivity index (χ0) is 7.14. The van der Waals surface area contributed by atoms with Crippen molar-refractivity contribution in [3.8, 4) is 0 Å². The number of carboxylic acids is 1. The SMILES string of the molecule is O=C([O-])C1NC2C[NH2+]C1C2. The summed E-state index contributed by atoms with van der Waals surface area (Å²) in [5, 5.41) is 15.5. The maximum atomic E-state index is 10.4. The first-order valence-electron chi connectivity index (χ1n) is 3.57. The number of carbonyl (C=O) groups excluding carboxylic acids is 1. The van der Waals surface area contributed by atoms with Crippen molar-refractivity contribution in [2.75, 3.05) is 6.54 Å². The molecule has 0 radical (unpaired) electrons. The molecule has 2 heterocycles. The fraction of sp³-hybridized carbons (Fsp3) is 0.833. The van der Waals surface area contributed by atoms with Crippen LogP contribution in [0, 0.1) is 0 Å². The highest BCUT2D eigenvalue weighted by atomic mass is 16.4. The lowest BCUT2D eigenvalue weighted by Gasteiger charge is -2.21. The molecule has 0 amide bonds. The van der Waals surface area contributed by atoms with E-state index in [2.05, 4.69) is 10.6 Å². The monoisotopic (exact) mass is 142 g/mol. The summed E-state index contributed by atoms with van der Waals surface area (Å²) in [6.45, 7) is 1.02. The molecule has 3 atom stereocenters. The third kappa shape index (κ3) is 0.726. The number of aliphatic carboxylic acids is 1. The summed E-state index contributed by atoms with van der Waals surface area (Å²) in [5.74, 6) is -0.955. The van der Waals surface area contributed by atoms with Crippen LogP contribution in [0.4, 0.5) is 0 Å². The molecule has 2 saturated heterocycles. The van der Waals surface area contributed by atoms with Crippen LogP contribution in [0.25, 0.3) is 0 Å². The van der Waals surface area contributed by atoms with Gasteiger partial charge in [0.1, 0.15) is 6.04 Å². The number of nitrogens with one attached hydrogen (secondary N) is 1. The predicted octanol–water partition coefficient (Wildman–Crippen LogP) is -3.59. The van der Waals surface area contributed by atoms with E-state index in [0.717, 1.165) is 13.0 Å². The Kier molecular flexibility index (Phi) is 1.18. The van der Waals surface area contributed by atoms with Crippen molar-refractivity contribution in [1.29, 1.82) is 0 Å². The Bertz CT molecular complexity index is 171. The van der Waals surface area contributed by atoms with Gasteiger partial charge in [-0.15, -0.1) is 0 Å². The molecule has 3 unspecified atom stereocenters. The van der Waals surface area contributed by atoms with E-state index in [1.54, 1.807) is 0 Å². The molecule has 10 heavy (non-hydrogen) atoms. The van der Waals surface area contributed by atoms with E-state index in [9.17, 15) is 9.90 Å². The quantitative estimate of drug-likeness (QED) is 0.397. The lowest BCUT2D eigenvalue weighted by Crippen LogP contribution is -2.93. The lowest BCUT2D eigenvalue weighted by molar-refractivity contribution is -0.677. The molecule has 4 heteroatoms. The van der Waals surface area contributed by atoms with Crippen LogP contribution in [0.2, 0.25) is 0 Å². The molecule has 2 aliphatic heterocycles. The van der Waals surface area contributed by atoms with Crippen molar-refractivity contribution in [3.05, 3.63) is 0 Å². The fourth-order valence-corrected chi connectivity index (χ4v) is 1.89. The van der Waals surface area contributed by atoms with Crippen LogP contribution >= 0.6 is 0 Å². The minimum absolute atomic E-state index is 0.231. The molecule has 3 N–H and O–H groups in total. The maximum Gasteiger partial charge on any atom is 0.109 e. The first-order chi connectivity index (χ1) is 4.77. The average molecular weight is 142 g/mol. The highest BCUT2D eigenvalue weighted by molar-refractivity contribution is 5.72. The van der Waals surface area contributed by atoms with Crippen LogP contribution in [0.3, 0.4) is 0 Å². The number of carboxylic acid groups (broad SMARTS) is 1. The van der Waals surface area contributed by atoms with E-state index in [-0.39, 0.29) is 6.04 Å². The topological polar surface area (TPSA) is 68.8 Å². The highest BCUT2D eigenvalue weighted by Gasteiger charge is 2.43. The molecule has 2 rings (SSSR count). The summed E-state index contributed by atoms with van der Waals surface area (Å²) in [4.78, 5) is 10.4. The van der Waals surface area contributed by atoms with Crippen LogP contribution in [0.15, 0.2) is 0 Å². The molecule has 0 aromatic rings. The van der Waals surface area contributed by atoms with Crippen LogP contribution in [0.5, 0.6) is 0 Å². The van der Waals surface area contributed by atoms with Crippen molar-refractivity contribution >= 4 is 5.97 Å². The van der Waals surface area contributed by atoms with E-state index in [1.165, 1.54) is 0 Å². The van der Waals surface area contributed by atoms with Gasteiger partial charge in [-0.25, -0.2) is 0 Å². The van der Waals surface area contributed by atoms with Gasteiger partial charge in [-0.1, -0.05) is 0 Å². The molecular formula is C6H10N2O2. The Morgan fingerprint density at radius 3 is 2.80 bits per heavy atom. The molecule has 2 aliphatic rings. The van der Waals surface area contributed by atoms with Gasteiger partial charge in [0.15, 0.2) is 0 Å². The second-order valence-electron chi connectivity index (χ2n) is 3.03. The van der Waals surface area contributed by atoms with Gasteiger partial charge in [-0.3, -0.25) is 5.32 Å². The van der Waals surface area contributed by atoms with Crippen LogP contribution < -0.4 is 15.7 Å². The maximum absolute atomic E-state index is 10.4. The number of quaternary nitrogens is 1. The van der Waals surface area contributed by atoms with Gasteiger partial charge < -0.3 is 15.2 Å². The molecule has 0 aromatic heterocycles. The first kappa shape index (κ1) is 6.12. The summed E-state index contributed by atoms with van der Waals surface area (Å²) in [6.07, 6.45) is 0.985. The summed E-state index contributed by atoms with van der Waals surface area (Å²) in [7, 11) is 0. The van der Waals surface area contributed by atoms with Gasteiger partial charge in [-0.05, 0) is 0 Å². The van der Waals surface area contributed by atoms with Gasteiger partial charge in [0, 0.05) is 6.42 Å². The number of hydrogen-bond acceptors (Lipinski definition) is 3. The zero-order valence-electron chi connectivity index (χ0n) is 5.54. The van der Waals surface area contributed by atoms with Gasteiger partial charge in [0.25, 0.3) is 0 Å². The molecule has 0 spiro atoms. The molecule has 0 saturated carbocycles. The largest absolute Gasteiger partial charge is 0.548 e. The van der Waals surface area contributed by atoms with E-state index < -0.39 is 12.0 Å². The fourth-order valence-electron chi connectivity index (χ4n) is 1.89. The first-order valence-corrected chi connectivity index (χ1v) is 3.57. The summed E-state index contributed by atoms with van der Waals surface area (Å²) < 4.78 is 0. The standard InChI is InChI=1S/C6H10N2O2/c9-6(10)5-4-1-3(8-5)2-7-4/h3-5,7-8H,1-2H2,(H,9,10). The zero-order valence-corrected chi connectivity index (χ0v) is 5.54. The Balaban J connectivity index is 2.08. The lowest BCUT2D eigenvalue weighted by atomic mass is 10.1. The number of rotatable bonds is 1. The van der Waals surface area contributed by atoms with E-state index >= 15 is 0 Å². The van der Waals surface area contributed by atoms with Gasteiger partial charge >= 0.3 is 0 Å². The molecule has 0 aliphatic carbocycles. The number of piperazine rings is 1. The van der Waals surface area contributed by atoms with E-state index in [0.29, 0.717) is 6.04 Å². The predicted molar refractivity (Wildman–Crippen MR) is 30.9 cm³/mol. The van der Waals surface area contributed by atoms with Crippen LogP contribution in [-0.4, -0.2) is 30.6 Å². The Morgan fingerprint density at radius 1 is 1.70 bits per heavy atom. The number of nitrogens with two attached hydrogens (primary N) is 1. The van der Waals surface area contributed by atoms with Crippen molar-refractivity contribution < 1.29 is 15.2 Å². The van der Waals surface area contributed by atoms with Crippen molar-refractivity contribution in [2.45, 2.75) is 24.5 Å². The van der Waals surface area contributed by atoms with Gasteiger partial charge in [0.05, 0.1) is 24.6 Å². The molecule has 4 nitrogen and oxygen atoms in total. The average Bonchev–Trinajstić information content (AvgIpc) is 2.44. The highest BCUT2D eigenvalue weighted by Crippen LogP contribution is 2.12. The normalized spacial score (nSPS) is 44.2. The van der Waals surface area contributed by atoms with Gasteiger partial charge in [-0.2, -0.15) is 0 Å². The molecule has 2 bridgehead atoms. The smallest absolute Gasteiger partial charge is 0.109 e. The summed E-state index contributed by atoms with van der Waals surface area (Å²) >= 11 is 0. The summed E-state index contributed by atoms with van der Waals surface area (Å²) in [5.41, 5.74) is 0. The Labute approximate surface area is 58.6 Å². The molecule has 56 valence electrons. The van der Waals surface area contributed by atoms with Gasteiger partial charge in [0.2, 0.25) is 0 Å². The van der Waals surface area contributed by atoms with Crippen molar-refractivity contribution in [1.82, 2.24) is 5.32 Å². The number of fused-ring (bicyclic) bond motifs is 2. The minimum atomic E-state index is -0.955. The summed E-state index contributed by atoms with van der Waals surface area (Å²) in [6, 6.07) is 0.238. The van der Waals surface area contributed by atoms with Crippen molar-refractivity contribution in [3.63, 3.8) is 0 Å². The third-order valence-corrected chi connectivity index (χ3v) is 2.38. The molecule has 2 fully saturated rings. The van der Waals surface area contributed by atoms with E-state index in [1.807, 2.05) is 0 Å². The molecular weight excluding hydrogens is 132 g/mol. The minimum Gasteiger partial charge on any atom is -0.548 e. The third-order valence-electron chi connectivity index (χ3n) is 2.38. The number of hydrogen-bond donors (Lipinski definition) is 2. The second-order valence-corrected chi connectivity index (χ2v) is 3.03. The Morgan fingerprint density at radius 2 is 2.50 bits per heavy atom. The molecule has 0 aromatic carbocycles. The number of carbonyl (C=O) groups is 1. The second kappa shape index (κ2) is 1.93. The van der Waals surface area contributed by atoms with Crippen LogP contribution in [-0.2, 0) is 4.79 Å².